The van der Waals surface area contributed by atoms with E-state index in [1.54, 1.807) is 0 Å². The zero-order chi connectivity index (χ0) is 24.8. The van der Waals surface area contributed by atoms with Crippen LogP contribution in [0, 0.1) is 5.41 Å². The van der Waals surface area contributed by atoms with E-state index < -0.39 is 23.6 Å². The number of carbonyl (C=O) groups excluding carboxylic acids is 2. The maximum atomic E-state index is 12.9. The van der Waals surface area contributed by atoms with Crippen molar-refractivity contribution in [3.05, 3.63) is 59.7 Å². The van der Waals surface area contributed by atoms with Crippen molar-refractivity contribution in [3.63, 3.8) is 0 Å². The third-order valence-corrected chi connectivity index (χ3v) is 6.71. The fourth-order valence-corrected chi connectivity index (χ4v) is 4.78. The first kappa shape index (κ1) is 24.7. The molecule has 2 aromatic rings. The highest BCUT2D eigenvalue weighted by Crippen LogP contribution is 2.44. The number of benzene rings is 2. The highest BCUT2D eigenvalue weighted by atomic mass is 16.5. The summed E-state index contributed by atoms with van der Waals surface area (Å²) >= 11 is 0. The summed E-state index contributed by atoms with van der Waals surface area (Å²) in [6, 6.07) is 16.1. The van der Waals surface area contributed by atoms with Crippen molar-refractivity contribution in [2.75, 3.05) is 32.9 Å². The van der Waals surface area contributed by atoms with Gasteiger partial charge in [0, 0.05) is 32.0 Å². The summed E-state index contributed by atoms with van der Waals surface area (Å²) in [5, 5.41) is 23.6. The van der Waals surface area contributed by atoms with Crippen molar-refractivity contribution >= 4 is 18.0 Å². The number of aliphatic carboxylic acids is 1. The minimum absolute atomic E-state index is 0.000998. The standard InChI is InChI=1S/C26H30N2O7/c29-22(23(30)31)10-12-27-24(32)26(11-5-13-34-16-26)15-28-25(33)35-14-21-19-8-3-1-6-17(19)18-7-2-4-9-20(18)21/h1-4,6-9,21-22,29H,5,10-16H2,(H,27,32)(H,28,33)(H,30,31)/t22-,26?/m0/s1. The van der Waals surface area contributed by atoms with Gasteiger partial charge in [0.2, 0.25) is 5.91 Å². The van der Waals surface area contributed by atoms with Gasteiger partial charge in [-0.15, -0.1) is 0 Å². The maximum absolute atomic E-state index is 12.9. The van der Waals surface area contributed by atoms with Crippen molar-refractivity contribution in [2.45, 2.75) is 31.3 Å². The number of rotatable bonds is 9. The van der Waals surface area contributed by atoms with E-state index in [4.69, 9.17) is 14.6 Å². The second kappa shape index (κ2) is 10.9. The van der Waals surface area contributed by atoms with Crippen LogP contribution in [-0.4, -0.2) is 67.2 Å². The molecule has 2 aromatic carbocycles. The molecule has 2 atom stereocenters. The number of fused-ring (bicyclic) bond motifs is 3. The topological polar surface area (TPSA) is 134 Å². The lowest BCUT2D eigenvalue weighted by Crippen LogP contribution is -2.53. The highest BCUT2D eigenvalue weighted by molar-refractivity contribution is 5.84. The third kappa shape index (κ3) is 5.47. The molecule has 0 spiro atoms. The van der Waals surface area contributed by atoms with Gasteiger partial charge in [-0.05, 0) is 35.1 Å². The Kier molecular flexibility index (Phi) is 7.67. The van der Waals surface area contributed by atoms with Crippen LogP contribution in [0.3, 0.4) is 0 Å². The van der Waals surface area contributed by atoms with Crippen LogP contribution in [-0.2, 0) is 19.1 Å². The normalized spacial score (nSPS) is 19.8. The Morgan fingerprint density at radius 3 is 2.31 bits per heavy atom. The highest BCUT2D eigenvalue weighted by Gasteiger charge is 2.41. The van der Waals surface area contributed by atoms with Gasteiger partial charge < -0.3 is 30.3 Å². The number of alkyl carbamates (subject to hydrolysis) is 1. The Bertz CT molecular complexity index is 1040. The number of carbonyl (C=O) groups is 3. The number of carboxylic acid groups (broad SMARTS) is 1. The first-order valence-corrected chi connectivity index (χ1v) is 11.8. The Morgan fingerprint density at radius 2 is 1.71 bits per heavy atom. The van der Waals surface area contributed by atoms with E-state index in [1.165, 1.54) is 0 Å². The summed E-state index contributed by atoms with van der Waals surface area (Å²) < 4.78 is 11.1. The van der Waals surface area contributed by atoms with E-state index in [0.717, 1.165) is 22.3 Å². The second-order valence-electron chi connectivity index (χ2n) is 9.01. The van der Waals surface area contributed by atoms with Gasteiger partial charge in [-0.3, -0.25) is 4.79 Å². The molecule has 35 heavy (non-hydrogen) atoms. The lowest BCUT2D eigenvalue weighted by Gasteiger charge is -2.35. The van der Waals surface area contributed by atoms with Crippen molar-refractivity contribution in [2.24, 2.45) is 5.41 Å². The molecule has 1 saturated heterocycles. The van der Waals surface area contributed by atoms with Crippen LogP contribution >= 0.6 is 0 Å². The van der Waals surface area contributed by atoms with E-state index in [1.807, 2.05) is 36.4 Å². The van der Waals surface area contributed by atoms with Crippen LogP contribution in [0.15, 0.2) is 48.5 Å². The number of hydrogen-bond donors (Lipinski definition) is 4. The largest absolute Gasteiger partial charge is 0.479 e. The minimum atomic E-state index is -1.55. The van der Waals surface area contributed by atoms with Crippen molar-refractivity contribution in [1.82, 2.24) is 10.6 Å². The molecule has 0 aromatic heterocycles. The molecule has 1 heterocycles. The summed E-state index contributed by atoms with van der Waals surface area (Å²) in [5.74, 6) is -1.76. The molecule has 9 heteroatoms. The van der Waals surface area contributed by atoms with E-state index in [-0.39, 0.29) is 44.5 Å². The number of ether oxygens (including phenoxy) is 2. The first-order chi connectivity index (χ1) is 16.9. The molecule has 0 saturated carbocycles. The van der Waals surface area contributed by atoms with Gasteiger partial charge in [-0.25, -0.2) is 9.59 Å². The Balaban J connectivity index is 1.34. The lowest BCUT2D eigenvalue weighted by molar-refractivity contribution is -0.147. The SMILES string of the molecule is O=C(NCC1(C(=O)NCC[C@H](O)C(=O)O)CCCOC1)OCC1c2ccccc2-c2ccccc21. The van der Waals surface area contributed by atoms with E-state index in [0.29, 0.717) is 19.4 Å². The summed E-state index contributed by atoms with van der Waals surface area (Å²) in [6.07, 6.45) is -1.13. The Labute approximate surface area is 203 Å². The predicted octanol–water partition coefficient (Wildman–Crippen LogP) is 2.27. The molecular formula is C26H30N2O7. The molecule has 0 radical (unpaired) electrons. The van der Waals surface area contributed by atoms with Gasteiger partial charge in [-0.1, -0.05) is 48.5 Å². The van der Waals surface area contributed by atoms with Gasteiger partial charge in [0.25, 0.3) is 0 Å². The molecule has 4 rings (SSSR count). The molecule has 1 unspecified atom stereocenters. The second-order valence-corrected chi connectivity index (χ2v) is 9.01. The van der Waals surface area contributed by atoms with E-state index in [2.05, 4.69) is 22.8 Å². The van der Waals surface area contributed by atoms with Crippen LogP contribution in [0.4, 0.5) is 4.79 Å². The van der Waals surface area contributed by atoms with Crippen molar-refractivity contribution < 1.29 is 34.1 Å². The quantitative estimate of drug-likeness (QED) is 0.431. The first-order valence-electron chi connectivity index (χ1n) is 11.8. The third-order valence-electron chi connectivity index (χ3n) is 6.71. The molecule has 0 bridgehead atoms. The molecule has 1 fully saturated rings. The van der Waals surface area contributed by atoms with E-state index >= 15 is 0 Å². The monoisotopic (exact) mass is 482 g/mol. The minimum Gasteiger partial charge on any atom is -0.479 e. The van der Waals surface area contributed by atoms with Crippen LogP contribution in [0.2, 0.25) is 0 Å². The van der Waals surface area contributed by atoms with Gasteiger partial charge in [0.1, 0.15) is 6.61 Å². The molecule has 2 amide bonds. The average Bonchev–Trinajstić information content (AvgIpc) is 3.20. The molecule has 2 aliphatic rings. The number of aliphatic hydroxyl groups excluding tert-OH is 1. The predicted molar refractivity (Wildman–Crippen MR) is 127 cm³/mol. The number of aliphatic hydroxyl groups is 1. The number of amides is 2. The van der Waals surface area contributed by atoms with Crippen LogP contribution in [0.5, 0.6) is 0 Å². The fraction of sp³-hybridized carbons (Fsp3) is 0.423. The average molecular weight is 483 g/mol. The number of nitrogens with one attached hydrogen (secondary N) is 2. The molecule has 9 nitrogen and oxygen atoms in total. The summed E-state index contributed by atoms with van der Waals surface area (Å²) in [6.45, 7) is 0.848. The van der Waals surface area contributed by atoms with Gasteiger partial charge in [0.05, 0.1) is 12.0 Å². The molecule has 186 valence electrons. The van der Waals surface area contributed by atoms with Crippen molar-refractivity contribution in [1.29, 1.82) is 0 Å². The lowest BCUT2D eigenvalue weighted by atomic mass is 9.81. The Morgan fingerprint density at radius 1 is 1.06 bits per heavy atom. The summed E-state index contributed by atoms with van der Waals surface area (Å²) in [4.78, 5) is 36.3. The summed E-state index contributed by atoms with van der Waals surface area (Å²) in [5.41, 5.74) is 3.52. The summed E-state index contributed by atoms with van der Waals surface area (Å²) in [7, 11) is 0. The Hall–Kier alpha value is -3.43. The molecule has 4 N–H and O–H groups in total. The molecular weight excluding hydrogens is 452 g/mol. The van der Waals surface area contributed by atoms with Gasteiger partial charge in [0.15, 0.2) is 6.10 Å². The number of hydrogen-bond acceptors (Lipinski definition) is 6. The number of carboxylic acids is 1. The van der Waals surface area contributed by atoms with Crippen LogP contribution < -0.4 is 10.6 Å². The van der Waals surface area contributed by atoms with Crippen molar-refractivity contribution in [3.8, 4) is 11.1 Å². The van der Waals surface area contributed by atoms with E-state index in [9.17, 15) is 19.5 Å². The zero-order valence-electron chi connectivity index (χ0n) is 19.4. The molecule has 1 aliphatic carbocycles. The molecule has 1 aliphatic heterocycles. The van der Waals surface area contributed by atoms with Crippen LogP contribution in [0.25, 0.3) is 11.1 Å². The smallest absolute Gasteiger partial charge is 0.407 e. The van der Waals surface area contributed by atoms with Crippen LogP contribution in [0.1, 0.15) is 36.3 Å². The van der Waals surface area contributed by atoms with Gasteiger partial charge >= 0.3 is 12.1 Å². The maximum Gasteiger partial charge on any atom is 0.407 e. The zero-order valence-corrected chi connectivity index (χ0v) is 19.4. The fourth-order valence-electron chi connectivity index (χ4n) is 4.78. The van der Waals surface area contributed by atoms with Gasteiger partial charge in [-0.2, -0.15) is 0 Å².